The number of thioether (sulfide) groups is 1. The maximum absolute atomic E-state index is 5.80. The van der Waals surface area contributed by atoms with Gasteiger partial charge in [0.05, 0.1) is 28.8 Å². The minimum Gasteiger partial charge on any atom is -0.497 e. The molecule has 0 fully saturated rings. The largest absolute Gasteiger partial charge is 0.497 e. The average molecular weight is 421 g/mol. The maximum Gasteiger partial charge on any atom is 0.277 e. The molecule has 144 valence electrons. The van der Waals surface area contributed by atoms with E-state index in [-0.39, 0.29) is 0 Å². The molecule has 3 aromatic heterocycles. The van der Waals surface area contributed by atoms with E-state index in [1.54, 1.807) is 18.4 Å². The Morgan fingerprint density at radius 2 is 1.90 bits per heavy atom. The number of para-hydroxylation sites is 2. The lowest BCUT2D eigenvalue weighted by atomic mass is 10.2. The van der Waals surface area contributed by atoms with Crippen molar-refractivity contribution in [3.05, 3.63) is 71.9 Å². The van der Waals surface area contributed by atoms with E-state index in [0.29, 0.717) is 16.9 Å². The van der Waals surface area contributed by atoms with E-state index < -0.39 is 0 Å². The van der Waals surface area contributed by atoms with Gasteiger partial charge in [-0.2, -0.15) is 0 Å². The standard InChI is InChI=1S/C21H16N4O2S2/c1-26-15-10-8-14(9-11-15)25-17-6-3-2-5-16(17)22-19(25)13-29-21-24-23-20(27-21)18-7-4-12-28-18/h2-12H,13H2,1H3. The molecule has 5 aromatic rings. The minimum atomic E-state index is 0.529. The summed E-state index contributed by atoms with van der Waals surface area (Å²) in [4.78, 5) is 5.79. The first-order valence-corrected chi connectivity index (χ1v) is 10.8. The summed E-state index contributed by atoms with van der Waals surface area (Å²) in [6.07, 6.45) is 0. The SMILES string of the molecule is COc1ccc(-n2c(CSc3nnc(-c4cccs4)o3)nc3ccccc32)cc1. The van der Waals surface area contributed by atoms with E-state index >= 15 is 0 Å². The second kappa shape index (κ2) is 7.73. The zero-order chi connectivity index (χ0) is 19.6. The lowest BCUT2D eigenvalue weighted by Gasteiger charge is -2.09. The van der Waals surface area contributed by atoms with Crippen molar-refractivity contribution < 1.29 is 9.15 Å². The Morgan fingerprint density at radius 1 is 1.03 bits per heavy atom. The minimum absolute atomic E-state index is 0.529. The number of imidazole rings is 1. The van der Waals surface area contributed by atoms with E-state index in [1.165, 1.54) is 11.8 Å². The Balaban J connectivity index is 1.46. The van der Waals surface area contributed by atoms with Gasteiger partial charge < -0.3 is 9.15 Å². The molecule has 5 rings (SSSR count). The molecular formula is C21H16N4O2S2. The molecule has 0 amide bonds. The average Bonchev–Trinajstić information content (AvgIpc) is 3.51. The number of hydrogen-bond acceptors (Lipinski definition) is 7. The van der Waals surface area contributed by atoms with E-state index in [0.717, 1.165) is 33.2 Å². The van der Waals surface area contributed by atoms with Gasteiger partial charge in [-0.3, -0.25) is 4.57 Å². The molecule has 0 bridgehead atoms. The molecule has 29 heavy (non-hydrogen) atoms. The summed E-state index contributed by atoms with van der Waals surface area (Å²) in [7, 11) is 1.67. The molecule has 0 radical (unpaired) electrons. The third kappa shape index (κ3) is 3.52. The predicted octanol–water partition coefficient (Wildman–Crippen LogP) is 5.44. The van der Waals surface area contributed by atoms with Gasteiger partial charge in [0.15, 0.2) is 0 Å². The summed E-state index contributed by atoms with van der Waals surface area (Å²) >= 11 is 3.06. The van der Waals surface area contributed by atoms with Gasteiger partial charge in [0.2, 0.25) is 0 Å². The fraction of sp³-hybridized carbons (Fsp3) is 0.0952. The molecule has 0 N–H and O–H groups in total. The summed E-state index contributed by atoms with van der Waals surface area (Å²) in [6.45, 7) is 0. The fourth-order valence-corrected chi connectivity index (χ4v) is 4.41. The van der Waals surface area contributed by atoms with Crippen LogP contribution in [0.15, 0.2) is 75.7 Å². The first-order chi connectivity index (χ1) is 14.3. The van der Waals surface area contributed by atoms with Crippen molar-refractivity contribution in [2.24, 2.45) is 0 Å². The van der Waals surface area contributed by atoms with Crippen LogP contribution in [0.1, 0.15) is 5.82 Å². The number of thiophene rings is 1. The summed E-state index contributed by atoms with van der Waals surface area (Å²) in [5.41, 5.74) is 3.03. The molecule has 2 aromatic carbocycles. The van der Waals surface area contributed by atoms with Gasteiger partial charge >= 0.3 is 0 Å². The van der Waals surface area contributed by atoms with Crippen molar-refractivity contribution >= 4 is 34.1 Å². The molecule has 0 spiro atoms. The number of aromatic nitrogens is 4. The first-order valence-electron chi connectivity index (χ1n) is 8.93. The molecule has 0 atom stereocenters. The Labute approximate surface area is 175 Å². The number of ether oxygens (including phenoxy) is 1. The zero-order valence-corrected chi connectivity index (χ0v) is 17.1. The topological polar surface area (TPSA) is 66.0 Å². The van der Waals surface area contributed by atoms with Crippen LogP contribution in [0.4, 0.5) is 0 Å². The molecule has 0 unspecified atom stereocenters. The molecule has 0 aliphatic rings. The van der Waals surface area contributed by atoms with Crippen LogP contribution in [0.2, 0.25) is 0 Å². The fourth-order valence-electron chi connectivity index (χ4n) is 3.09. The Bertz CT molecular complexity index is 1240. The monoisotopic (exact) mass is 420 g/mol. The first kappa shape index (κ1) is 18.0. The van der Waals surface area contributed by atoms with E-state index in [1.807, 2.05) is 60.0 Å². The van der Waals surface area contributed by atoms with Crippen LogP contribution in [0, 0.1) is 0 Å². The third-order valence-electron chi connectivity index (χ3n) is 4.42. The highest BCUT2D eigenvalue weighted by Gasteiger charge is 2.15. The van der Waals surface area contributed by atoms with E-state index in [4.69, 9.17) is 14.1 Å². The molecular weight excluding hydrogens is 404 g/mol. The Morgan fingerprint density at radius 3 is 2.69 bits per heavy atom. The van der Waals surface area contributed by atoms with Crippen LogP contribution in [-0.2, 0) is 5.75 Å². The number of hydrogen-bond donors (Lipinski definition) is 0. The zero-order valence-electron chi connectivity index (χ0n) is 15.5. The highest BCUT2D eigenvalue weighted by Crippen LogP contribution is 2.30. The second-order valence-electron chi connectivity index (χ2n) is 6.19. The van der Waals surface area contributed by atoms with Gasteiger partial charge in [-0.25, -0.2) is 4.98 Å². The molecule has 8 heteroatoms. The molecule has 0 aliphatic carbocycles. The van der Waals surface area contributed by atoms with Crippen molar-refractivity contribution in [3.8, 4) is 22.2 Å². The van der Waals surface area contributed by atoms with Crippen LogP contribution in [0.5, 0.6) is 5.75 Å². The third-order valence-corrected chi connectivity index (χ3v) is 6.10. The highest BCUT2D eigenvalue weighted by atomic mass is 32.2. The van der Waals surface area contributed by atoms with E-state index in [9.17, 15) is 0 Å². The summed E-state index contributed by atoms with van der Waals surface area (Å²) < 4.78 is 13.2. The second-order valence-corrected chi connectivity index (χ2v) is 8.06. The van der Waals surface area contributed by atoms with E-state index in [2.05, 4.69) is 20.8 Å². The number of fused-ring (bicyclic) bond motifs is 1. The molecule has 0 saturated heterocycles. The van der Waals surface area contributed by atoms with Crippen molar-refractivity contribution in [1.82, 2.24) is 19.7 Å². The van der Waals surface area contributed by atoms with Crippen molar-refractivity contribution in [1.29, 1.82) is 0 Å². The van der Waals surface area contributed by atoms with Crippen molar-refractivity contribution in [2.45, 2.75) is 11.0 Å². The van der Waals surface area contributed by atoms with Crippen LogP contribution >= 0.6 is 23.1 Å². The van der Waals surface area contributed by atoms with Gasteiger partial charge in [-0.15, -0.1) is 21.5 Å². The summed E-state index contributed by atoms with van der Waals surface area (Å²) in [6, 6.07) is 20.0. The lowest BCUT2D eigenvalue weighted by molar-refractivity contribution is 0.414. The maximum atomic E-state index is 5.80. The molecule has 6 nitrogen and oxygen atoms in total. The lowest BCUT2D eigenvalue weighted by Crippen LogP contribution is -2.00. The molecule has 3 heterocycles. The van der Waals surface area contributed by atoms with Crippen LogP contribution in [0.25, 0.3) is 27.5 Å². The summed E-state index contributed by atoms with van der Waals surface area (Å²) in [5, 5.41) is 10.8. The summed E-state index contributed by atoms with van der Waals surface area (Å²) in [5.74, 6) is 2.89. The smallest absolute Gasteiger partial charge is 0.277 e. The quantitative estimate of drug-likeness (QED) is 0.341. The van der Waals surface area contributed by atoms with Crippen molar-refractivity contribution in [2.75, 3.05) is 7.11 Å². The van der Waals surface area contributed by atoms with Crippen LogP contribution < -0.4 is 4.74 Å². The van der Waals surface area contributed by atoms with Gasteiger partial charge in [0.25, 0.3) is 11.1 Å². The predicted molar refractivity (Wildman–Crippen MR) is 115 cm³/mol. The van der Waals surface area contributed by atoms with Gasteiger partial charge in [-0.05, 0) is 47.8 Å². The highest BCUT2D eigenvalue weighted by molar-refractivity contribution is 7.98. The number of rotatable bonds is 6. The van der Waals surface area contributed by atoms with Crippen molar-refractivity contribution in [3.63, 3.8) is 0 Å². The normalized spacial score (nSPS) is 11.2. The Hall–Kier alpha value is -3.10. The van der Waals surface area contributed by atoms with Gasteiger partial charge in [0, 0.05) is 5.69 Å². The van der Waals surface area contributed by atoms with Crippen LogP contribution in [0.3, 0.4) is 0 Å². The number of benzene rings is 2. The van der Waals surface area contributed by atoms with Gasteiger partial charge in [0.1, 0.15) is 11.6 Å². The van der Waals surface area contributed by atoms with Gasteiger partial charge in [-0.1, -0.05) is 30.0 Å². The number of nitrogens with zero attached hydrogens (tertiary/aromatic N) is 4. The molecule has 0 aliphatic heterocycles. The number of methoxy groups -OCH3 is 1. The molecule has 0 saturated carbocycles. The Kier molecular flexibility index (Phi) is 4.79. The van der Waals surface area contributed by atoms with Crippen LogP contribution in [-0.4, -0.2) is 26.9 Å².